The summed E-state index contributed by atoms with van der Waals surface area (Å²) < 4.78 is 1.59. The quantitative estimate of drug-likeness (QED) is 0.904. The summed E-state index contributed by atoms with van der Waals surface area (Å²) >= 11 is 0. The summed E-state index contributed by atoms with van der Waals surface area (Å²) in [4.78, 5) is 33.0. The van der Waals surface area contributed by atoms with E-state index >= 15 is 0 Å². The van der Waals surface area contributed by atoms with Crippen molar-refractivity contribution in [1.29, 1.82) is 0 Å². The largest absolute Gasteiger partial charge is 0.336 e. The minimum atomic E-state index is -0.0349. The van der Waals surface area contributed by atoms with Gasteiger partial charge in [0.1, 0.15) is 5.65 Å². The molecule has 7 nitrogen and oxygen atoms in total. The minimum absolute atomic E-state index is 0.0349. The Morgan fingerprint density at radius 1 is 1.20 bits per heavy atom. The lowest BCUT2D eigenvalue weighted by molar-refractivity contribution is 0.131. The number of hydrogen-bond donors (Lipinski definition) is 1. The Kier molecular flexibility index (Phi) is 4.17. The predicted octanol–water partition coefficient (Wildman–Crippen LogP) is 0.993. The molecule has 25 heavy (non-hydrogen) atoms. The third-order valence-corrected chi connectivity index (χ3v) is 5.13. The summed E-state index contributed by atoms with van der Waals surface area (Å²) in [6.07, 6.45) is 3.76. The Balaban J connectivity index is 1.43. The van der Waals surface area contributed by atoms with Crippen LogP contribution in [0, 0.1) is 6.92 Å². The maximum absolute atomic E-state index is 12.3. The van der Waals surface area contributed by atoms with Crippen molar-refractivity contribution >= 4 is 11.7 Å². The van der Waals surface area contributed by atoms with Crippen LogP contribution in [0.1, 0.15) is 24.1 Å². The molecule has 0 saturated carbocycles. The lowest BCUT2D eigenvalue weighted by atomic mass is 10.0. The zero-order chi connectivity index (χ0) is 17.4. The van der Waals surface area contributed by atoms with E-state index in [1.165, 1.54) is 0 Å². The van der Waals surface area contributed by atoms with Crippen LogP contribution in [0.5, 0.6) is 0 Å². The second kappa shape index (κ2) is 6.48. The number of aryl methyl sites for hydroxylation is 1. The molecule has 2 amide bonds. The Morgan fingerprint density at radius 2 is 2.00 bits per heavy atom. The van der Waals surface area contributed by atoms with E-state index in [0.29, 0.717) is 18.2 Å². The summed E-state index contributed by atoms with van der Waals surface area (Å²) in [6, 6.07) is 5.89. The highest BCUT2D eigenvalue weighted by molar-refractivity contribution is 5.76. The lowest BCUT2D eigenvalue weighted by Crippen LogP contribution is -2.46. The standard InChI is InChI=1S/C18H23N5O2/c1-13-2-3-16-20-14(10-17(24)23(16)11-13)12-21-7-4-15(5-8-21)22-9-6-19-18(22)25/h2-3,10-11,15H,4-9,12H2,1H3,(H,19,25). The van der Waals surface area contributed by atoms with Crippen LogP contribution in [0.3, 0.4) is 0 Å². The molecular weight excluding hydrogens is 318 g/mol. The number of amides is 2. The summed E-state index contributed by atoms with van der Waals surface area (Å²) in [6.45, 7) is 6.05. The van der Waals surface area contributed by atoms with Crippen LogP contribution < -0.4 is 10.9 Å². The monoisotopic (exact) mass is 341 g/mol. The molecule has 0 bridgehead atoms. The minimum Gasteiger partial charge on any atom is -0.336 e. The first-order chi connectivity index (χ1) is 12.1. The van der Waals surface area contributed by atoms with Gasteiger partial charge in [-0.25, -0.2) is 9.78 Å². The van der Waals surface area contributed by atoms with Crippen molar-refractivity contribution in [3.63, 3.8) is 0 Å². The van der Waals surface area contributed by atoms with E-state index in [1.54, 1.807) is 10.5 Å². The van der Waals surface area contributed by atoms with Crippen molar-refractivity contribution in [2.24, 2.45) is 0 Å². The fourth-order valence-corrected chi connectivity index (χ4v) is 3.79. The first kappa shape index (κ1) is 16.1. The number of pyridine rings is 1. The number of nitrogens with one attached hydrogen (secondary N) is 1. The highest BCUT2D eigenvalue weighted by atomic mass is 16.2. The molecule has 0 aliphatic carbocycles. The third-order valence-electron chi connectivity index (χ3n) is 5.13. The Labute approximate surface area is 146 Å². The van der Waals surface area contributed by atoms with Crippen LogP contribution in [0.4, 0.5) is 4.79 Å². The van der Waals surface area contributed by atoms with Gasteiger partial charge in [-0.2, -0.15) is 0 Å². The molecule has 0 spiro atoms. The molecule has 2 saturated heterocycles. The number of carbonyl (C=O) groups is 1. The predicted molar refractivity (Wildman–Crippen MR) is 94.6 cm³/mol. The van der Waals surface area contributed by atoms with Crippen molar-refractivity contribution in [3.05, 3.63) is 46.0 Å². The van der Waals surface area contributed by atoms with Gasteiger partial charge in [0.25, 0.3) is 5.56 Å². The first-order valence-corrected chi connectivity index (χ1v) is 8.86. The smallest absolute Gasteiger partial charge is 0.317 e. The second-order valence-electron chi connectivity index (χ2n) is 6.95. The van der Waals surface area contributed by atoms with Crippen LogP contribution in [-0.2, 0) is 6.54 Å². The molecule has 0 unspecified atom stereocenters. The number of rotatable bonds is 3. The Bertz CT molecular complexity index is 854. The van der Waals surface area contributed by atoms with Gasteiger partial charge in [-0.1, -0.05) is 6.07 Å². The molecule has 132 valence electrons. The van der Waals surface area contributed by atoms with Gasteiger partial charge in [-0.15, -0.1) is 0 Å². The number of likely N-dealkylation sites (tertiary alicyclic amines) is 1. The van der Waals surface area contributed by atoms with E-state index in [4.69, 9.17) is 0 Å². The Hall–Kier alpha value is -2.41. The Morgan fingerprint density at radius 3 is 2.72 bits per heavy atom. The van der Waals surface area contributed by atoms with Crippen LogP contribution in [0.2, 0.25) is 0 Å². The summed E-state index contributed by atoms with van der Waals surface area (Å²) in [5.74, 6) is 0. The van der Waals surface area contributed by atoms with Crippen LogP contribution in [0.15, 0.2) is 29.2 Å². The topological polar surface area (TPSA) is 70.0 Å². The lowest BCUT2D eigenvalue weighted by Gasteiger charge is -2.35. The SMILES string of the molecule is Cc1ccc2nc(CN3CCC(N4CCNC4=O)CC3)cc(=O)n2c1. The van der Waals surface area contributed by atoms with Gasteiger partial charge in [0.05, 0.1) is 5.69 Å². The van der Waals surface area contributed by atoms with Gasteiger partial charge in [-0.3, -0.25) is 14.1 Å². The van der Waals surface area contributed by atoms with E-state index < -0.39 is 0 Å². The second-order valence-corrected chi connectivity index (χ2v) is 6.95. The molecule has 1 N–H and O–H groups in total. The van der Waals surface area contributed by atoms with Gasteiger partial charge in [0.15, 0.2) is 0 Å². The van der Waals surface area contributed by atoms with Crippen LogP contribution in [0.25, 0.3) is 5.65 Å². The highest BCUT2D eigenvalue weighted by Crippen LogP contribution is 2.19. The van der Waals surface area contributed by atoms with Gasteiger partial charge >= 0.3 is 6.03 Å². The van der Waals surface area contributed by atoms with Gasteiger partial charge in [0, 0.05) is 51.0 Å². The number of fused-ring (bicyclic) bond motifs is 1. The van der Waals surface area contributed by atoms with Crippen molar-refractivity contribution in [2.75, 3.05) is 26.2 Å². The summed E-state index contributed by atoms with van der Waals surface area (Å²) in [7, 11) is 0. The third kappa shape index (κ3) is 3.24. The van der Waals surface area contributed by atoms with Crippen LogP contribution >= 0.6 is 0 Å². The fourth-order valence-electron chi connectivity index (χ4n) is 3.79. The first-order valence-electron chi connectivity index (χ1n) is 8.86. The van der Waals surface area contributed by atoms with E-state index in [2.05, 4.69) is 15.2 Å². The molecule has 2 aliphatic heterocycles. The summed E-state index contributed by atoms with van der Waals surface area (Å²) in [5, 5.41) is 2.87. The number of urea groups is 1. The van der Waals surface area contributed by atoms with Crippen molar-refractivity contribution in [1.82, 2.24) is 24.5 Å². The molecule has 4 rings (SSSR count). The normalized spacial score (nSPS) is 19.6. The maximum Gasteiger partial charge on any atom is 0.317 e. The molecule has 2 fully saturated rings. The molecule has 0 aromatic carbocycles. The number of aromatic nitrogens is 2. The molecule has 2 aliphatic rings. The van der Waals surface area contributed by atoms with E-state index in [0.717, 1.165) is 50.3 Å². The molecule has 4 heterocycles. The fraction of sp³-hybridized carbons (Fsp3) is 0.500. The van der Waals surface area contributed by atoms with E-state index in [-0.39, 0.29) is 11.6 Å². The molecule has 7 heteroatoms. The van der Waals surface area contributed by atoms with Crippen LogP contribution in [-0.4, -0.2) is 57.4 Å². The van der Waals surface area contributed by atoms with E-state index in [1.807, 2.05) is 30.2 Å². The van der Waals surface area contributed by atoms with Crippen molar-refractivity contribution < 1.29 is 4.79 Å². The number of hydrogen-bond acceptors (Lipinski definition) is 4. The average molecular weight is 341 g/mol. The van der Waals surface area contributed by atoms with Gasteiger partial charge in [0.2, 0.25) is 0 Å². The number of piperidine rings is 1. The molecule has 2 aromatic rings. The van der Waals surface area contributed by atoms with Crippen molar-refractivity contribution in [3.8, 4) is 0 Å². The number of nitrogens with zero attached hydrogens (tertiary/aromatic N) is 4. The number of carbonyl (C=O) groups excluding carboxylic acids is 1. The van der Waals surface area contributed by atoms with E-state index in [9.17, 15) is 9.59 Å². The zero-order valence-electron chi connectivity index (χ0n) is 14.4. The maximum atomic E-state index is 12.3. The average Bonchev–Trinajstić information content (AvgIpc) is 3.02. The van der Waals surface area contributed by atoms with Gasteiger partial charge in [-0.05, 0) is 31.4 Å². The molecular formula is C18H23N5O2. The van der Waals surface area contributed by atoms with Gasteiger partial charge < -0.3 is 10.2 Å². The highest BCUT2D eigenvalue weighted by Gasteiger charge is 2.30. The van der Waals surface area contributed by atoms with Crippen molar-refractivity contribution in [2.45, 2.75) is 32.4 Å². The zero-order valence-corrected chi connectivity index (χ0v) is 14.4. The molecule has 0 radical (unpaired) electrons. The summed E-state index contributed by atoms with van der Waals surface area (Å²) in [5.41, 5.74) is 2.51. The molecule has 2 aromatic heterocycles. The molecule has 0 atom stereocenters.